The molecule has 1 aliphatic rings. The maximum atomic E-state index is 13.8. The molecule has 0 saturated heterocycles. The number of carbonyl (C=O) groups is 7. The van der Waals surface area contributed by atoms with E-state index in [-0.39, 0.29) is 43.6 Å². The Morgan fingerprint density at radius 2 is 1.38 bits per heavy atom. The highest BCUT2D eigenvalue weighted by Crippen LogP contribution is 2.27. The molecule has 1 fully saturated rings. The molecule has 14 heteroatoms. The van der Waals surface area contributed by atoms with Crippen LogP contribution in [-0.4, -0.2) is 88.7 Å². The molecule has 1 saturated carbocycles. The molecular formula is C36H56N6O8. The molecule has 5 atom stereocenters. The van der Waals surface area contributed by atoms with Gasteiger partial charge in [0.2, 0.25) is 35.4 Å². The quantitative estimate of drug-likeness (QED) is 0.118. The van der Waals surface area contributed by atoms with Crippen molar-refractivity contribution >= 4 is 41.4 Å². The number of nitrogens with zero attached hydrogens (tertiary/aromatic N) is 1. The highest BCUT2D eigenvalue weighted by Gasteiger charge is 2.35. The van der Waals surface area contributed by atoms with Gasteiger partial charge in [0, 0.05) is 26.4 Å². The number of hydrogen-bond donors (Lipinski definition) is 6. The average Bonchev–Trinajstić information content (AvgIpc) is 3.04. The van der Waals surface area contributed by atoms with E-state index in [4.69, 9.17) is 5.73 Å². The number of rotatable bonds is 20. The highest BCUT2D eigenvalue weighted by molar-refractivity contribution is 5.96. The van der Waals surface area contributed by atoms with E-state index in [2.05, 4.69) is 21.3 Å². The van der Waals surface area contributed by atoms with E-state index in [0.717, 1.165) is 42.6 Å². The number of carbonyl (C=O) groups excluding carboxylic acids is 6. The Balaban J connectivity index is 2.27. The molecule has 7 N–H and O–H groups in total. The summed E-state index contributed by atoms with van der Waals surface area (Å²) in [4.78, 5) is 91.0. The minimum atomic E-state index is -1.56. The molecule has 50 heavy (non-hydrogen) atoms. The Kier molecular flexibility index (Phi) is 17.4. The molecule has 0 radical (unpaired) electrons. The normalized spacial score (nSPS) is 16.2. The van der Waals surface area contributed by atoms with Crippen molar-refractivity contribution in [2.45, 2.75) is 129 Å². The zero-order valence-corrected chi connectivity index (χ0v) is 30.0. The van der Waals surface area contributed by atoms with Gasteiger partial charge in [-0.2, -0.15) is 0 Å². The molecule has 0 aromatic heterocycles. The van der Waals surface area contributed by atoms with Gasteiger partial charge in [-0.25, -0.2) is 0 Å². The van der Waals surface area contributed by atoms with Gasteiger partial charge in [-0.3, -0.25) is 33.6 Å². The topological polar surface area (TPSA) is 217 Å². The molecule has 0 bridgehead atoms. The van der Waals surface area contributed by atoms with Crippen LogP contribution in [0.15, 0.2) is 30.3 Å². The molecule has 2 unspecified atom stereocenters. The summed E-state index contributed by atoms with van der Waals surface area (Å²) in [5.41, 5.74) is 6.32. The summed E-state index contributed by atoms with van der Waals surface area (Å²) >= 11 is 0. The minimum Gasteiger partial charge on any atom is -0.481 e. The number of amides is 6. The van der Waals surface area contributed by atoms with Crippen LogP contribution in [0.5, 0.6) is 0 Å². The third kappa shape index (κ3) is 15.0. The van der Waals surface area contributed by atoms with Gasteiger partial charge in [0.15, 0.2) is 0 Å². The third-order valence-electron chi connectivity index (χ3n) is 8.98. The van der Waals surface area contributed by atoms with Gasteiger partial charge < -0.3 is 37.0 Å². The van der Waals surface area contributed by atoms with Crippen molar-refractivity contribution in [3.63, 3.8) is 0 Å². The number of benzene rings is 1. The van der Waals surface area contributed by atoms with Crippen molar-refractivity contribution < 1.29 is 38.7 Å². The van der Waals surface area contributed by atoms with Crippen LogP contribution in [0, 0.1) is 11.8 Å². The number of nitrogens with two attached hydrogens (primary N) is 1. The zero-order valence-electron chi connectivity index (χ0n) is 30.0. The van der Waals surface area contributed by atoms with Crippen LogP contribution >= 0.6 is 0 Å². The lowest BCUT2D eigenvalue weighted by molar-refractivity contribution is -0.142. The summed E-state index contributed by atoms with van der Waals surface area (Å²) < 4.78 is 0. The maximum absolute atomic E-state index is 13.8. The Morgan fingerprint density at radius 1 is 0.820 bits per heavy atom. The van der Waals surface area contributed by atoms with Crippen LogP contribution in [0.4, 0.5) is 0 Å². The van der Waals surface area contributed by atoms with Crippen LogP contribution in [0.3, 0.4) is 0 Å². The average molecular weight is 701 g/mol. The molecular weight excluding hydrogens is 644 g/mol. The first-order valence-electron chi connectivity index (χ1n) is 17.6. The molecule has 1 aliphatic carbocycles. The third-order valence-corrected chi connectivity index (χ3v) is 8.98. The fourth-order valence-electron chi connectivity index (χ4n) is 6.25. The fourth-order valence-corrected chi connectivity index (χ4v) is 6.25. The monoisotopic (exact) mass is 700 g/mol. The molecule has 1 aromatic carbocycles. The fraction of sp³-hybridized carbons (Fsp3) is 0.639. The van der Waals surface area contributed by atoms with Crippen LogP contribution in [-0.2, 0) is 40.0 Å². The van der Waals surface area contributed by atoms with Crippen LogP contribution in [0.25, 0.3) is 0 Å². The van der Waals surface area contributed by atoms with Crippen molar-refractivity contribution in [1.82, 2.24) is 26.2 Å². The molecule has 0 heterocycles. The maximum Gasteiger partial charge on any atom is 0.305 e. The number of carboxylic acid groups (broad SMARTS) is 1. The molecule has 6 amide bonds. The SMILES string of the molecule is CC(=O)N(C)C(CCC(N)=O)C(=O)N[C@@H](CC1CCCCC1)C(=O)NC(CC(=O)O)C(=O)N[C@@H](CC(C)C)C(=O)N[C@H](C)Cc1ccccc1. The van der Waals surface area contributed by atoms with Crippen molar-refractivity contribution in [3.05, 3.63) is 35.9 Å². The zero-order chi connectivity index (χ0) is 37.4. The van der Waals surface area contributed by atoms with Crippen LogP contribution in [0.2, 0.25) is 0 Å². The number of carboxylic acids is 1. The summed E-state index contributed by atoms with van der Waals surface area (Å²) in [7, 11) is 1.41. The predicted molar refractivity (Wildman–Crippen MR) is 187 cm³/mol. The van der Waals surface area contributed by atoms with Gasteiger partial charge in [0.1, 0.15) is 24.2 Å². The number of nitrogens with one attached hydrogen (secondary N) is 4. The number of primary amides is 1. The number of likely N-dealkylation sites (N-methyl/N-ethyl adjacent to an activating group) is 1. The van der Waals surface area contributed by atoms with Crippen molar-refractivity contribution in [2.24, 2.45) is 17.6 Å². The van der Waals surface area contributed by atoms with Gasteiger partial charge in [-0.05, 0) is 50.0 Å². The van der Waals surface area contributed by atoms with Gasteiger partial charge in [0.25, 0.3) is 0 Å². The van der Waals surface area contributed by atoms with Crippen LogP contribution in [0.1, 0.15) is 97.5 Å². The Hall–Kier alpha value is -4.49. The van der Waals surface area contributed by atoms with Crippen molar-refractivity contribution in [2.75, 3.05) is 7.05 Å². The first kappa shape index (κ1) is 41.7. The Morgan fingerprint density at radius 3 is 1.94 bits per heavy atom. The summed E-state index contributed by atoms with van der Waals surface area (Å²) in [6.45, 7) is 6.88. The molecule has 0 spiro atoms. The van der Waals surface area contributed by atoms with E-state index in [0.29, 0.717) is 6.42 Å². The van der Waals surface area contributed by atoms with Crippen molar-refractivity contribution in [1.29, 1.82) is 0 Å². The van der Waals surface area contributed by atoms with Gasteiger partial charge in [0.05, 0.1) is 6.42 Å². The van der Waals surface area contributed by atoms with E-state index in [9.17, 15) is 38.7 Å². The van der Waals surface area contributed by atoms with Gasteiger partial charge in [-0.15, -0.1) is 0 Å². The second kappa shape index (κ2) is 20.9. The van der Waals surface area contributed by atoms with E-state index >= 15 is 0 Å². The smallest absolute Gasteiger partial charge is 0.305 e. The van der Waals surface area contributed by atoms with Crippen molar-refractivity contribution in [3.8, 4) is 0 Å². The Labute approximate surface area is 295 Å². The standard InChI is InChI=1S/C36H56N6O8/c1-22(2)18-27(33(47)38-23(3)19-25-12-8-6-9-13-25)39-35(49)29(21-32(45)46)40-34(48)28(20-26-14-10-7-11-15-26)41-36(50)30(16-17-31(37)44)42(5)24(4)43/h6,8-9,12-13,22-23,26-30H,7,10-11,14-21H2,1-5H3,(H2,37,44)(H,38,47)(H,39,49)(H,40,48)(H,41,50)(H,45,46)/t23-,27+,28+,29?,30?/m1/s1. The summed E-state index contributed by atoms with van der Waals surface area (Å²) in [5.74, 6) is -5.11. The summed E-state index contributed by atoms with van der Waals surface area (Å²) in [6, 6.07) is 4.52. The van der Waals surface area contributed by atoms with E-state index in [1.165, 1.54) is 14.0 Å². The van der Waals surface area contributed by atoms with E-state index < -0.39 is 72.0 Å². The van der Waals surface area contributed by atoms with E-state index in [1.54, 1.807) is 0 Å². The van der Waals surface area contributed by atoms with Gasteiger partial charge in [-0.1, -0.05) is 76.3 Å². The molecule has 1 aromatic rings. The highest BCUT2D eigenvalue weighted by atomic mass is 16.4. The molecule has 278 valence electrons. The first-order valence-corrected chi connectivity index (χ1v) is 17.6. The minimum absolute atomic E-state index is 0.00581. The number of hydrogen-bond acceptors (Lipinski definition) is 7. The molecule has 0 aliphatic heterocycles. The molecule has 14 nitrogen and oxygen atoms in total. The van der Waals surface area contributed by atoms with Crippen LogP contribution < -0.4 is 27.0 Å². The molecule has 2 rings (SSSR count). The second-order valence-corrected chi connectivity index (χ2v) is 13.9. The van der Waals surface area contributed by atoms with Gasteiger partial charge >= 0.3 is 5.97 Å². The lowest BCUT2D eigenvalue weighted by atomic mass is 9.84. The van der Waals surface area contributed by atoms with E-state index in [1.807, 2.05) is 51.1 Å². The first-order chi connectivity index (χ1) is 23.6. The summed E-state index contributed by atoms with van der Waals surface area (Å²) in [5, 5.41) is 20.5. The largest absolute Gasteiger partial charge is 0.481 e. The summed E-state index contributed by atoms with van der Waals surface area (Å²) in [6.07, 6.45) is 4.65. The lowest BCUT2D eigenvalue weighted by Crippen LogP contribution is -2.59. The number of aliphatic carboxylic acids is 1. The lowest BCUT2D eigenvalue weighted by Gasteiger charge is -2.31. The second-order valence-electron chi connectivity index (χ2n) is 13.9. The Bertz CT molecular complexity index is 1320. The predicted octanol–water partition coefficient (Wildman–Crippen LogP) is 1.79.